The molecule has 1 aromatic heterocycles. The van der Waals surface area contributed by atoms with Gasteiger partial charge in [-0.1, -0.05) is 26.3 Å². The molecule has 0 radical (unpaired) electrons. The molecule has 20 heavy (non-hydrogen) atoms. The highest BCUT2D eigenvalue weighted by Crippen LogP contribution is 2.39. The van der Waals surface area contributed by atoms with Crippen molar-refractivity contribution >= 4 is 17.3 Å². The molecule has 2 heterocycles. The summed E-state index contributed by atoms with van der Waals surface area (Å²) in [6.07, 6.45) is 4.60. The van der Waals surface area contributed by atoms with Crippen molar-refractivity contribution in [3.8, 4) is 0 Å². The number of piperidine rings is 1. The molecule has 1 fully saturated rings. The van der Waals surface area contributed by atoms with Crippen LogP contribution in [0.5, 0.6) is 0 Å². The molecule has 1 N–H and O–H groups in total. The fourth-order valence-electron chi connectivity index (χ4n) is 3.52. The second-order valence-electron chi connectivity index (χ2n) is 5.85. The van der Waals surface area contributed by atoms with Crippen LogP contribution in [0.3, 0.4) is 0 Å². The number of rotatable bonds is 6. The number of hydrogen-bond acceptors (Lipinski definition) is 3. The molecule has 3 nitrogen and oxygen atoms in total. The van der Waals surface area contributed by atoms with E-state index in [0.717, 1.165) is 38.6 Å². The third kappa shape index (κ3) is 3.07. The molecule has 4 heteroatoms. The van der Waals surface area contributed by atoms with Gasteiger partial charge >= 0.3 is 5.97 Å². The lowest BCUT2D eigenvalue weighted by Crippen LogP contribution is -2.48. The highest BCUT2D eigenvalue weighted by molar-refractivity contribution is 7.10. The maximum atomic E-state index is 11.8. The molecule has 0 saturated carbocycles. The summed E-state index contributed by atoms with van der Waals surface area (Å²) in [7, 11) is 0. The molecule has 1 aliphatic heterocycles. The average molecular weight is 295 g/mol. The minimum atomic E-state index is -0.606. The van der Waals surface area contributed by atoms with E-state index in [1.807, 2.05) is 0 Å². The fraction of sp³-hybridized carbons (Fsp3) is 0.688. The van der Waals surface area contributed by atoms with Crippen LogP contribution in [0.25, 0.3) is 0 Å². The van der Waals surface area contributed by atoms with E-state index >= 15 is 0 Å². The summed E-state index contributed by atoms with van der Waals surface area (Å²) in [4.78, 5) is 15.6. The molecule has 0 spiro atoms. The van der Waals surface area contributed by atoms with Crippen molar-refractivity contribution in [1.29, 1.82) is 0 Å². The first-order chi connectivity index (χ1) is 9.63. The first-order valence-corrected chi connectivity index (χ1v) is 8.52. The minimum Gasteiger partial charge on any atom is -0.481 e. The number of carbonyl (C=O) groups is 1. The SMILES string of the molecule is CCCC1(C(=O)O)CCCN(C(CC)c2cccs2)C1. The zero-order valence-electron chi connectivity index (χ0n) is 12.5. The van der Waals surface area contributed by atoms with Crippen molar-refractivity contribution < 1.29 is 9.90 Å². The number of hydrogen-bond donors (Lipinski definition) is 1. The summed E-state index contributed by atoms with van der Waals surface area (Å²) in [5, 5.41) is 11.8. The Balaban J connectivity index is 2.18. The molecule has 2 atom stereocenters. The maximum absolute atomic E-state index is 11.8. The molecule has 0 bridgehead atoms. The van der Waals surface area contributed by atoms with E-state index in [4.69, 9.17) is 0 Å². The van der Waals surface area contributed by atoms with Gasteiger partial charge in [0.05, 0.1) is 5.41 Å². The van der Waals surface area contributed by atoms with Crippen molar-refractivity contribution in [2.75, 3.05) is 13.1 Å². The zero-order chi connectivity index (χ0) is 14.6. The van der Waals surface area contributed by atoms with Gasteiger partial charge in [-0.15, -0.1) is 11.3 Å². The molecule has 112 valence electrons. The highest BCUT2D eigenvalue weighted by Gasteiger charge is 2.43. The first-order valence-electron chi connectivity index (χ1n) is 7.64. The van der Waals surface area contributed by atoms with E-state index in [2.05, 4.69) is 36.3 Å². The summed E-state index contributed by atoms with van der Waals surface area (Å²) in [6, 6.07) is 4.64. The van der Waals surface area contributed by atoms with Crippen molar-refractivity contribution in [3.05, 3.63) is 22.4 Å². The Morgan fingerprint density at radius 1 is 1.55 bits per heavy atom. The highest BCUT2D eigenvalue weighted by atomic mass is 32.1. The van der Waals surface area contributed by atoms with Crippen LogP contribution in [0.15, 0.2) is 17.5 Å². The first kappa shape index (κ1) is 15.5. The Bertz CT molecular complexity index is 428. The van der Waals surface area contributed by atoms with E-state index in [9.17, 15) is 9.90 Å². The number of likely N-dealkylation sites (tertiary alicyclic amines) is 1. The number of carboxylic acids is 1. The van der Waals surface area contributed by atoms with Gasteiger partial charge in [-0.2, -0.15) is 0 Å². The Morgan fingerprint density at radius 3 is 2.90 bits per heavy atom. The quantitative estimate of drug-likeness (QED) is 0.856. The maximum Gasteiger partial charge on any atom is 0.310 e. The monoisotopic (exact) mass is 295 g/mol. The van der Waals surface area contributed by atoms with Crippen LogP contribution >= 0.6 is 11.3 Å². The summed E-state index contributed by atoms with van der Waals surface area (Å²) >= 11 is 1.78. The summed E-state index contributed by atoms with van der Waals surface area (Å²) < 4.78 is 0. The standard InChI is InChI=1S/C16H25NO2S/c1-3-8-16(15(18)19)9-6-10-17(12-16)13(4-2)14-7-5-11-20-14/h5,7,11,13H,3-4,6,8-10,12H2,1-2H3,(H,18,19). The van der Waals surface area contributed by atoms with Crippen LogP contribution < -0.4 is 0 Å². The normalized spacial score (nSPS) is 25.5. The van der Waals surface area contributed by atoms with Gasteiger partial charge in [0, 0.05) is 17.5 Å². The van der Waals surface area contributed by atoms with Crippen molar-refractivity contribution in [2.45, 2.75) is 52.0 Å². The van der Waals surface area contributed by atoms with Crippen LogP contribution in [0, 0.1) is 5.41 Å². The second-order valence-corrected chi connectivity index (χ2v) is 6.83. The smallest absolute Gasteiger partial charge is 0.310 e. The molecule has 1 saturated heterocycles. The Morgan fingerprint density at radius 2 is 2.35 bits per heavy atom. The molecule has 2 unspecified atom stereocenters. The van der Waals surface area contributed by atoms with E-state index in [0.29, 0.717) is 12.6 Å². The predicted octanol–water partition coefficient (Wildman–Crippen LogP) is 4.17. The topological polar surface area (TPSA) is 40.5 Å². The van der Waals surface area contributed by atoms with E-state index in [1.165, 1.54) is 4.88 Å². The molecule has 0 amide bonds. The van der Waals surface area contributed by atoms with Gasteiger partial charge in [0.2, 0.25) is 0 Å². The second kappa shape index (κ2) is 6.72. The number of thiophene rings is 1. The lowest BCUT2D eigenvalue weighted by Gasteiger charge is -2.43. The van der Waals surface area contributed by atoms with Crippen LogP contribution in [0.2, 0.25) is 0 Å². The molecule has 2 rings (SSSR count). The van der Waals surface area contributed by atoms with Gasteiger partial charge in [0.15, 0.2) is 0 Å². The molecule has 0 aromatic carbocycles. The molecule has 1 aromatic rings. The third-order valence-electron chi connectivity index (χ3n) is 4.49. The van der Waals surface area contributed by atoms with Crippen LogP contribution in [0.1, 0.15) is 56.9 Å². The lowest BCUT2D eigenvalue weighted by molar-refractivity contribution is -0.154. The molecule has 1 aliphatic rings. The largest absolute Gasteiger partial charge is 0.481 e. The van der Waals surface area contributed by atoms with Crippen molar-refractivity contribution in [2.24, 2.45) is 5.41 Å². The summed E-state index contributed by atoms with van der Waals surface area (Å²) in [5.74, 6) is -0.606. The van der Waals surface area contributed by atoms with Crippen molar-refractivity contribution in [3.63, 3.8) is 0 Å². The van der Waals surface area contributed by atoms with Gasteiger partial charge < -0.3 is 5.11 Å². The lowest BCUT2D eigenvalue weighted by atomic mass is 9.76. The van der Waals surface area contributed by atoms with Gasteiger partial charge in [-0.3, -0.25) is 9.69 Å². The van der Waals surface area contributed by atoms with Crippen LogP contribution in [0.4, 0.5) is 0 Å². The van der Waals surface area contributed by atoms with Gasteiger partial charge in [-0.25, -0.2) is 0 Å². The zero-order valence-corrected chi connectivity index (χ0v) is 13.3. The van der Waals surface area contributed by atoms with E-state index in [1.54, 1.807) is 11.3 Å². The van der Waals surface area contributed by atoms with Gasteiger partial charge in [0.1, 0.15) is 0 Å². The molecular formula is C16H25NO2S. The third-order valence-corrected chi connectivity index (χ3v) is 5.46. The van der Waals surface area contributed by atoms with Crippen LogP contribution in [-0.4, -0.2) is 29.1 Å². The number of nitrogens with zero attached hydrogens (tertiary/aromatic N) is 1. The molecular weight excluding hydrogens is 270 g/mol. The number of carboxylic acid groups (broad SMARTS) is 1. The average Bonchev–Trinajstić information content (AvgIpc) is 2.94. The fourth-order valence-corrected chi connectivity index (χ4v) is 4.46. The van der Waals surface area contributed by atoms with Gasteiger partial charge in [0.25, 0.3) is 0 Å². The molecule has 0 aliphatic carbocycles. The number of aliphatic carboxylic acids is 1. The summed E-state index contributed by atoms with van der Waals surface area (Å²) in [6.45, 7) is 6.00. The van der Waals surface area contributed by atoms with Crippen molar-refractivity contribution in [1.82, 2.24) is 4.90 Å². The van der Waals surface area contributed by atoms with E-state index < -0.39 is 11.4 Å². The van der Waals surface area contributed by atoms with E-state index in [-0.39, 0.29) is 0 Å². The Kier molecular flexibility index (Phi) is 5.22. The van der Waals surface area contributed by atoms with Gasteiger partial charge in [-0.05, 0) is 43.7 Å². The van der Waals surface area contributed by atoms with Crippen LogP contribution in [-0.2, 0) is 4.79 Å². The minimum absolute atomic E-state index is 0.380. The predicted molar refractivity (Wildman–Crippen MR) is 83.1 cm³/mol. The Labute approximate surface area is 125 Å². The Hall–Kier alpha value is -0.870. The summed E-state index contributed by atoms with van der Waals surface area (Å²) in [5.41, 5.74) is -0.530.